The molecular weight excluding hydrogens is 296 g/mol. The van der Waals surface area contributed by atoms with Crippen molar-refractivity contribution in [3.8, 4) is 0 Å². The van der Waals surface area contributed by atoms with E-state index >= 15 is 0 Å². The van der Waals surface area contributed by atoms with Crippen LogP contribution in [0, 0.1) is 5.92 Å². The van der Waals surface area contributed by atoms with Crippen LogP contribution in [0.4, 0.5) is 0 Å². The van der Waals surface area contributed by atoms with Gasteiger partial charge in [0.25, 0.3) is 5.91 Å². The summed E-state index contributed by atoms with van der Waals surface area (Å²) in [6, 6.07) is 0.641. The number of carbonyl (C=O) groups excluding carboxylic acids is 1. The Kier molecular flexibility index (Phi) is 4.85. The van der Waals surface area contributed by atoms with E-state index in [9.17, 15) is 4.79 Å². The van der Waals surface area contributed by atoms with Crippen molar-refractivity contribution in [3.63, 3.8) is 0 Å². The Hall–Kier alpha value is -0.690. The lowest BCUT2D eigenvalue weighted by Crippen LogP contribution is -2.49. The molecule has 1 amide bonds. The van der Waals surface area contributed by atoms with Gasteiger partial charge in [0, 0.05) is 38.9 Å². The molecule has 0 unspecified atom stereocenters. The van der Waals surface area contributed by atoms with Gasteiger partial charge in [0.2, 0.25) is 0 Å². The largest absolute Gasteiger partial charge is 0.381 e. The van der Waals surface area contributed by atoms with Crippen molar-refractivity contribution in [1.29, 1.82) is 0 Å². The molecule has 3 atom stereocenters. The summed E-state index contributed by atoms with van der Waals surface area (Å²) in [5, 5.41) is 0. The Morgan fingerprint density at radius 3 is 2.43 bits per heavy atom. The fourth-order valence-electron chi connectivity index (χ4n) is 4.48. The third-order valence-corrected chi connectivity index (χ3v) is 5.89. The van der Waals surface area contributed by atoms with Crippen molar-refractivity contribution in [3.05, 3.63) is 0 Å². The SMILES string of the molecule is O=C([C@H]1C[C@@H]2CCN(C3CCOCC3)C[C@@H]2O1)N1CCOCC1. The number of carbonyl (C=O) groups is 1. The third kappa shape index (κ3) is 3.40. The normalized spacial score (nSPS) is 36.9. The summed E-state index contributed by atoms with van der Waals surface area (Å²) in [5.74, 6) is 0.737. The van der Waals surface area contributed by atoms with Gasteiger partial charge >= 0.3 is 0 Å². The number of nitrogens with zero attached hydrogens (tertiary/aromatic N) is 2. The zero-order valence-electron chi connectivity index (χ0n) is 13.8. The molecule has 4 aliphatic heterocycles. The minimum Gasteiger partial charge on any atom is -0.381 e. The summed E-state index contributed by atoms with van der Waals surface area (Å²) in [7, 11) is 0. The standard InChI is InChI=1S/C17H28N2O4/c20-17(18-5-9-22-10-6-18)15-11-13-1-4-19(12-16(13)23-15)14-2-7-21-8-3-14/h13-16H,1-12H2/t13-,15+,16-/m0/s1. The van der Waals surface area contributed by atoms with Gasteiger partial charge in [-0.1, -0.05) is 0 Å². The number of amides is 1. The lowest BCUT2D eigenvalue weighted by molar-refractivity contribution is -0.148. The van der Waals surface area contributed by atoms with Crippen molar-refractivity contribution in [2.24, 2.45) is 5.92 Å². The molecule has 4 aliphatic rings. The van der Waals surface area contributed by atoms with Crippen LogP contribution in [0.3, 0.4) is 0 Å². The van der Waals surface area contributed by atoms with Gasteiger partial charge in [-0.2, -0.15) is 0 Å². The van der Waals surface area contributed by atoms with Crippen molar-refractivity contribution in [1.82, 2.24) is 9.80 Å². The molecular formula is C17H28N2O4. The monoisotopic (exact) mass is 324 g/mol. The first-order valence-corrected chi connectivity index (χ1v) is 9.15. The number of rotatable bonds is 2. The zero-order valence-corrected chi connectivity index (χ0v) is 13.8. The van der Waals surface area contributed by atoms with Gasteiger partial charge in [0.1, 0.15) is 6.10 Å². The number of ether oxygens (including phenoxy) is 3. The van der Waals surface area contributed by atoms with Crippen LogP contribution in [-0.4, -0.2) is 86.6 Å². The highest BCUT2D eigenvalue weighted by atomic mass is 16.5. The molecule has 0 spiro atoms. The van der Waals surface area contributed by atoms with Crippen LogP contribution in [0.25, 0.3) is 0 Å². The molecule has 4 heterocycles. The molecule has 0 N–H and O–H groups in total. The van der Waals surface area contributed by atoms with Gasteiger partial charge in [0.15, 0.2) is 0 Å². The molecule has 130 valence electrons. The minimum absolute atomic E-state index is 0.181. The summed E-state index contributed by atoms with van der Waals surface area (Å²) < 4.78 is 17.0. The predicted octanol–water partition coefficient (Wildman–Crippen LogP) is 0.504. The van der Waals surface area contributed by atoms with Crippen LogP contribution in [-0.2, 0) is 19.0 Å². The minimum atomic E-state index is -0.224. The first kappa shape index (κ1) is 15.8. The Morgan fingerprint density at radius 2 is 1.65 bits per heavy atom. The predicted molar refractivity (Wildman–Crippen MR) is 84.2 cm³/mol. The van der Waals surface area contributed by atoms with E-state index in [1.165, 1.54) is 0 Å². The fraction of sp³-hybridized carbons (Fsp3) is 0.941. The van der Waals surface area contributed by atoms with E-state index in [1.807, 2.05) is 4.90 Å². The number of hydrogen-bond acceptors (Lipinski definition) is 5. The molecule has 0 radical (unpaired) electrons. The molecule has 23 heavy (non-hydrogen) atoms. The lowest BCUT2D eigenvalue weighted by Gasteiger charge is -2.40. The second-order valence-electron chi connectivity index (χ2n) is 7.22. The highest BCUT2D eigenvalue weighted by Crippen LogP contribution is 2.35. The molecule has 6 heteroatoms. The summed E-state index contributed by atoms with van der Waals surface area (Å²) in [5.41, 5.74) is 0. The maximum absolute atomic E-state index is 12.6. The van der Waals surface area contributed by atoms with Gasteiger partial charge in [-0.3, -0.25) is 9.69 Å². The number of piperidine rings is 1. The molecule has 0 aliphatic carbocycles. The average Bonchev–Trinajstić information content (AvgIpc) is 3.06. The van der Waals surface area contributed by atoms with E-state index in [-0.39, 0.29) is 18.1 Å². The average molecular weight is 324 g/mol. The van der Waals surface area contributed by atoms with Crippen LogP contribution in [0.1, 0.15) is 25.7 Å². The Balaban J connectivity index is 1.33. The third-order valence-electron chi connectivity index (χ3n) is 5.89. The van der Waals surface area contributed by atoms with Crippen LogP contribution >= 0.6 is 0 Å². The zero-order chi connectivity index (χ0) is 15.6. The van der Waals surface area contributed by atoms with Crippen LogP contribution < -0.4 is 0 Å². The Morgan fingerprint density at radius 1 is 0.913 bits per heavy atom. The van der Waals surface area contributed by atoms with E-state index in [2.05, 4.69) is 4.90 Å². The van der Waals surface area contributed by atoms with Gasteiger partial charge < -0.3 is 19.1 Å². The van der Waals surface area contributed by atoms with E-state index in [0.717, 1.165) is 52.0 Å². The van der Waals surface area contributed by atoms with Crippen LogP contribution in [0.2, 0.25) is 0 Å². The summed E-state index contributed by atoms with van der Waals surface area (Å²) in [4.78, 5) is 17.1. The Labute approximate surface area is 138 Å². The second kappa shape index (κ2) is 7.05. The summed E-state index contributed by atoms with van der Waals surface area (Å²) >= 11 is 0. The van der Waals surface area contributed by atoms with Gasteiger partial charge in [-0.25, -0.2) is 0 Å². The maximum Gasteiger partial charge on any atom is 0.251 e. The fourth-order valence-corrected chi connectivity index (χ4v) is 4.48. The van der Waals surface area contributed by atoms with Gasteiger partial charge in [0.05, 0.1) is 19.3 Å². The quantitative estimate of drug-likeness (QED) is 0.740. The van der Waals surface area contributed by atoms with E-state index < -0.39 is 0 Å². The lowest BCUT2D eigenvalue weighted by atomic mass is 9.90. The van der Waals surface area contributed by atoms with Crippen molar-refractivity contribution in [2.45, 2.75) is 43.9 Å². The maximum atomic E-state index is 12.6. The first-order chi connectivity index (χ1) is 11.3. The summed E-state index contributed by atoms with van der Waals surface area (Å²) in [6.07, 6.45) is 4.35. The summed E-state index contributed by atoms with van der Waals surface area (Å²) in [6.45, 7) is 6.63. The van der Waals surface area contributed by atoms with E-state index in [1.54, 1.807) is 0 Å². The molecule has 0 aromatic rings. The number of morpholine rings is 1. The van der Waals surface area contributed by atoms with E-state index in [0.29, 0.717) is 38.3 Å². The topological polar surface area (TPSA) is 51.2 Å². The molecule has 6 nitrogen and oxygen atoms in total. The smallest absolute Gasteiger partial charge is 0.251 e. The number of hydrogen-bond donors (Lipinski definition) is 0. The number of likely N-dealkylation sites (tertiary alicyclic amines) is 1. The highest BCUT2D eigenvalue weighted by molar-refractivity contribution is 5.81. The molecule has 4 saturated heterocycles. The Bertz CT molecular complexity index is 421. The number of fused-ring (bicyclic) bond motifs is 1. The molecule has 4 fully saturated rings. The van der Waals surface area contributed by atoms with Crippen LogP contribution in [0.5, 0.6) is 0 Å². The van der Waals surface area contributed by atoms with Crippen molar-refractivity contribution in [2.75, 3.05) is 52.6 Å². The molecule has 0 aromatic carbocycles. The molecule has 0 aromatic heterocycles. The van der Waals surface area contributed by atoms with Crippen molar-refractivity contribution < 1.29 is 19.0 Å². The van der Waals surface area contributed by atoms with Crippen molar-refractivity contribution >= 4 is 5.91 Å². The van der Waals surface area contributed by atoms with Gasteiger partial charge in [-0.15, -0.1) is 0 Å². The van der Waals surface area contributed by atoms with E-state index in [4.69, 9.17) is 14.2 Å². The molecule has 0 bridgehead atoms. The molecule has 4 rings (SSSR count). The van der Waals surface area contributed by atoms with Gasteiger partial charge in [-0.05, 0) is 38.1 Å². The van der Waals surface area contributed by atoms with Crippen LogP contribution in [0.15, 0.2) is 0 Å². The molecule has 0 saturated carbocycles. The highest BCUT2D eigenvalue weighted by Gasteiger charge is 2.44. The second-order valence-corrected chi connectivity index (χ2v) is 7.22. The first-order valence-electron chi connectivity index (χ1n) is 9.15.